The van der Waals surface area contributed by atoms with Gasteiger partial charge in [-0.25, -0.2) is 4.31 Å². The number of hydrogen-bond acceptors (Lipinski definition) is 7. The highest BCUT2D eigenvalue weighted by Crippen LogP contribution is 2.29. The molecule has 1 fully saturated rings. The molecule has 0 saturated carbocycles. The fourth-order valence-electron chi connectivity index (χ4n) is 2.38. The van der Waals surface area contributed by atoms with Crippen molar-refractivity contribution >= 4 is 17.7 Å². The average molecular weight is 426 g/mol. The molecule has 29 heavy (non-hydrogen) atoms. The van der Waals surface area contributed by atoms with Gasteiger partial charge in [0, 0.05) is 43.1 Å². The maximum Gasteiger partial charge on any atom is 0.119 e. The molecule has 0 unspecified atom stereocenters. The Bertz CT molecular complexity index is 602. The van der Waals surface area contributed by atoms with Crippen LogP contribution < -0.4 is 10.5 Å². The molecule has 1 aromatic rings. The van der Waals surface area contributed by atoms with Crippen LogP contribution >= 0.6 is 11.9 Å². The molecule has 1 saturated heterocycles. The Morgan fingerprint density at radius 3 is 2.24 bits per heavy atom. The zero-order valence-electron chi connectivity index (χ0n) is 18.8. The van der Waals surface area contributed by atoms with Crippen molar-refractivity contribution < 1.29 is 14.6 Å². The van der Waals surface area contributed by atoms with E-state index in [-0.39, 0.29) is 0 Å². The minimum Gasteiger partial charge on any atom is -0.491 e. The number of aliphatic hydroxyl groups is 1. The molecule has 0 aliphatic carbocycles. The number of nitrogens with two attached hydrogens (primary N) is 1. The maximum atomic E-state index is 7.09. The highest BCUT2D eigenvalue weighted by molar-refractivity contribution is 7.97. The van der Waals surface area contributed by atoms with E-state index in [1.165, 1.54) is 24.4 Å². The second-order valence-corrected chi connectivity index (χ2v) is 7.99. The van der Waals surface area contributed by atoms with E-state index in [4.69, 9.17) is 25.7 Å². The third-order valence-corrected chi connectivity index (χ3v) is 5.37. The number of nitrogens with zero attached hydrogens (tertiary/aromatic N) is 1. The van der Waals surface area contributed by atoms with Gasteiger partial charge in [-0.2, -0.15) is 0 Å². The zero-order valence-corrected chi connectivity index (χ0v) is 19.6. The molecule has 0 bridgehead atoms. The normalized spacial score (nSPS) is 16.7. The highest BCUT2D eigenvalue weighted by Gasteiger charge is 2.19. The van der Waals surface area contributed by atoms with Gasteiger partial charge < -0.3 is 25.7 Å². The van der Waals surface area contributed by atoms with Gasteiger partial charge in [0.2, 0.25) is 0 Å². The van der Waals surface area contributed by atoms with E-state index in [0.717, 1.165) is 36.7 Å². The van der Waals surface area contributed by atoms with Crippen LogP contribution in [-0.2, 0) is 4.74 Å². The monoisotopic (exact) mass is 425 g/mol. The number of aliphatic hydroxyl groups excluding tert-OH is 1. The second kappa shape index (κ2) is 16.3. The molecule has 6 nitrogen and oxygen atoms in total. The first kappa shape index (κ1) is 27.5. The van der Waals surface area contributed by atoms with Gasteiger partial charge in [0.1, 0.15) is 12.4 Å². The van der Waals surface area contributed by atoms with E-state index in [1.807, 2.05) is 37.9 Å². The van der Waals surface area contributed by atoms with Crippen molar-refractivity contribution in [3.63, 3.8) is 0 Å². The van der Waals surface area contributed by atoms with Gasteiger partial charge in [0.05, 0.1) is 6.61 Å². The summed E-state index contributed by atoms with van der Waals surface area (Å²) < 4.78 is 13.3. The van der Waals surface area contributed by atoms with Gasteiger partial charge in [-0.3, -0.25) is 0 Å². The predicted octanol–water partition coefficient (Wildman–Crippen LogP) is 4.34. The first-order valence-corrected chi connectivity index (χ1v) is 10.8. The molecule has 1 aromatic carbocycles. The molecular weight excluding hydrogens is 386 g/mol. The lowest BCUT2D eigenvalue weighted by Gasteiger charge is -2.14. The van der Waals surface area contributed by atoms with E-state index in [9.17, 15) is 0 Å². The van der Waals surface area contributed by atoms with Gasteiger partial charge in [0.25, 0.3) is 0 Å². The lowest BCUT2D eigenvalue weighted by atomic mass is 10.2. The Morgan fingerprint density at radius 2 is 1.83 bits per heavy atom. The molecule has 0 spiro atoms. The SMILES string of the molecule is CC(=N)/C(C)=C(/C)N.CCOCCOc1ccc(SN2CC[C@H](C)C2)cc1.CO. The number of nitrogens with one attached hydrogen (secondary N) is 1. The topological polar surface area (TPSA) is 91.8 Å². The molecule has 1 heterocycles. The summed E-state index contributed by atoms with van der Waals surface area (Å²) in [5.74, 6) is 1.74. The smallest absolute Gasteiger partial charge is 0.119 e. The van der Waals surface area contributed by atoms with Crippen LogP contribution in [0.15, 0.2) is 40.4 Å². The first-order valence-electron chi connectivity index (χ1n) is 10.00. The third-order valence-electron chi connectivity index (χ3n) is 4.30. The van der Waals surface area contributed by atoms with Crippen molar-refractivity contribution in [2.45, 2.75) is 45.9 Å². The number of benzene rings is 1. The van der Waals surface area contributed by atoms with Gasteiger partial charge in [-0.1, -0.05) is 6.92 Å². The van der Waals surface area contributed by atoms with Crippen LogP contribution in [0.25, 0.3) is 0 Å². The second-order valence-electron chi connectivity index (χ2n) is 6.82. The molecular formula is C22H39N3O3S. The Morgan fingerprint density at radius 1 is 1.21 bits per heavy atom. The van der Waals surface area contributed by atoms with E-state index < -0.39 is 0 Å². The molecule has 0 amide bonds. The zero-order chi connectivity index (χ0) is 22.2. The van der Waals surface area contributed by atoms with Crippen LogP contribution in [-0.4, -0.2) is 55.1 Å². The minimum atomic E-state index is 0.546. The summed E-state index contributed by atoms with van der Waals surface area (Å²) in [6.07, 6.45) is 1.31. The van der Waals surface area contributed by atoms with Crippen LogP contribution in [0.4, 0.5) is 0 Å². The number of ether oxygens (including phenoxy) is 2. The van der Waals surface area contributed by atoms with Crippen molar-refractivity contribution in [3.05, 3.63) is 35.5 Å². The van der Waals surface area contributed by atoms with Crippen LogP contribution in [0.3, 0.4) is 0 Å². The molecule has 4 N–H and O–H groups in total. The van der Waals surface area contributed by atoms with Gasteiger partial charge in [-0.15, -0.1) is 0 Å². The van der Waals surface area contributed by atoms with Crippen molar-refractivity contribution in [3.8, 4) is 5.75 Å². The standard InChI is InChI=1S/C15H23NO2S.C6H12N2.CH4O/c1-3-17-10-11-18-14-4-6-15(7-5-14)19-16-9-8-13(2)12-16;1-4(5(2)7)6(3)8;1-2/h4-7,13H,3,8-12H2,1-2H3;7H,8H2,1-3H3;2H,1H3/b;6-4-,7-5?;/t13-;;/m0../s1. The fourth-order valence-corrected chi connectivity index (χ4v) is 3.46. The molecule has 166 valence electrons. The summed E-state index contributed by atoms with van der Waals surface area (Å²) in [5, 5.41) is 14.1. The predicted molar refractivity (Wildman–Crippen MR) is 124 cm³/mol. The fraction of sp³-hybridized carbons (Fsp3) is 0.591. The van der Waals surface area contributed by atoms with Crippen molar-refractivity contribution in [2.24, 2.45) is 11.7 Å². The van der Waals surface area contributed by atoms with Crippen LogP contribution in [0.2, 0.25) is 0 Å². The molecule has 7 heteroatoms. The van der Waals surface area contributed by atoms with E-state index in [2.05, 4.69) is 23.4 Å². The van der Waals surface area contributed by atoms with E-state index in [1.54, 1.807) is 13.8 Å². The van der Waals surface area contributed by atoms with Crippen molar-refractivity contribution in [2.75, 3.05) is 40.0 Å². The lowest BCUT2D eigenvalue weighted by molar-refractivity contribution is 0.110. The first-order chi connectivity index (χ1) is 13.8. The molecule has 1 atom stereocenters. The summed E-state index contributed by atoms with van der Waals surface area (Å²) in [5.41, 5.74) is 7.54. The molecule has 1 aliphatic rings. The summed E-state index contributed by atoms with van der Waals surface area (Å²) in [6, 6.07) is 8.33. The number of allylic oxidation sites excluding steroid dienone is 2. The lowest BCUT2D eigenvalue weighted by Crippen LogP contribution is -2.10. The minimum absolute atomic E-state index is 0.546. The summed E-state index contributed by atoms with van der Waals surface area (Å²) in [6.45, 7) is 14.1. The summed E-state index contributed by atoms with van der Waals surface area (Å²) in [4.78, 5) is 1.28. The van der Waals surface area contributed by atoms with Gasteiger partial charge >= 0.3 is 0 Å². The number of hydrogen-bond donors (Lipinski definition) is 3. The highest BCUT2D eigenvalue weighted by atomic mass is 32.2. The molecule has 2 rings (SSSR count). The van der Waals surface area contributed by atoms with E-state index in [0.29, 0.717) is 18.9 Å². The Hall–Kier alpha value is -1.54. The van der Waals surface area contributed by atoms with Crippen LogP contribution in [0.1, 0.15) is 41.0 Å². The molecule has 0 radical (unpaired) electrons. The Labute approximate surface area is 181 Å². The average Bonchev–Trinajstić information content (AvgIpc) is 3.12. The summed E-state index contributed by atoms with van der Waals surface area (Å²) in [7, 11) is 1.00. The quantitative estimate of drug-likeness (QED) is 0.326. The van der Waals surface area contributed by atoms with Crippen molar-refractivity contribution in [1.82, 2.24) is 4.31 Å². The largest absolute Gasteiger partial charge is 0.491 e. The Kier molecular flexibility index (Phi) is 15.4. The Balaban J connectivity index is 0.000000664. The number of rotatable bonds is 8. The molecule has 0 aromatic heterocycles. The van der Waals surface area contributed by atoms with Crippen LogP contribution in [0.5, 0.6) is 5.75 Å². The van der Waals surface area contributed by atoms with Crippen LogP contribution in [0, 0.1) is 11.3 Å². The third kappa shape index (κ3) is 12.6. The van der Waals surface area contributed by atoms with Crippen molar-refractivity contribution in [1.29, 1.82) is 5.41 Å². The van der Waals surface area contributed by atoms with Gasteiger partial charge in [0.15, 0.2) is 0 Å². The van der Waals surface area contributed by atoms with E-state index >= 15 is 0 Å². The molecule has 1 aliphatic heterocycles. The van der Waals surface area contributed by atoms with Gasteiger partial charge in [-0.05, 0) is 81.8 Å². The maximum absolute atomic E-state index is 7.09. The summed E-state index contributed by atoms with van der Waals surface area (Å²) >= 11 is 1.85.